The Morgan fingerprint density at radius 3 is 1.91 bits per heavy atom. The Balaban J connectivity index is 1.53. The summed E-state index contributed by atoms with van der Waals surface area (Å²) in [6.45, 7) is 0. The molecule has 0 aliphatic rings. The van der Waals surface area contributed by atoms with Crippen molar-refractivity contribution in [1.29, 1.82) is 0 Å². The van der Waals surface area contributed by atoms with E-state index in [1.54, 1.807) is 0 Å². The highest BCUT2D eigenvalue weighted by Gasteiger charge is 2.20. The molecule has 0 fully saturated rings. The molecule has 0 N–H and O–H groups in total. The van der Waals surface area contributed by atoms with E-state index in [-0.39, 0.29) is 0 Å². The highest BCUT2D eigenvalue weighted by Crippen LogP contribution is 2.44. The standard InChI is InChI=1S/C34H21N/c1-2-10-22(11-3-1)25-13-6-7-14-26(25)24-18-19-32-30(21-24)33-27-15-5-4-12-23(27)20-29-28-16-8-9-17-31(28)35(32)34(29)33/h1-21H. The molecule has 0 saturated heterocycles. The van der Waals surface area contributed by atoms with Gasteiger partial charge in [0.2, 0.25) is 0 Å². The average molecular weight is 444 g/mol. The molecular formula is C34H21N. The molecule has 8 aromatic rings. The summed E-state index contributed by atoms with van der Waals surface area (Å²) < 4.78 is 2.47. The number of fused-ring (bicyclic) bond motifs is 8. The monoisotopic (exact) mass is 443 g/mol. The molecule has 8 rings (SSSR count). The number of rotatable bonds is 2. The van der Waals surface area contributed by atoms with Crippen LogP contribution in [0.2, 0.25) is 0 Å². The minimum atomic E-state index is 1.24. The van der Waals surface area contributed by atoms with E-state index in [9.17, 15) is 0 Å². The second-order valence-electron chi connectivity index (χ2n) is 9.36. The Bertz CT molecular complexity index is 2040. The van der Waals surface area contributed by atoms with E-state index in [0.717, 1.165) is 0 Å². The van der Waals surface area contributed by atoms with Gasteiger partial charge in [-0.1, -0.05) is 103 Å². The highest BCUT2D eigenvalue weighted by atomic mass is 14.9. The van der Waals surface area contributed by atoms with Crippen LogP contribution in [0.25, 0.3) is 71.1 Å². The second kappa shape index (κ2) is 6.94. The summed E-state index contributed by atoms with van der Waals surface area (Å²) in [6.07, 6.45) is 0. The lowest BCUT2D eigenvalue weighted by Gasteiger charge is -2.11. The first kappa shape index (κ1) is 18.8. The van der Waals surface area contributed by atoms with Crippen molar-refractivity contribution >= 4 is 48.9 Å². The van der Waals surface area contributed by atoms with Crippen molar-refractivity contribution in [1.82, 2.24) is 4.40 Å². The number of hydrogen-bond donors (Lipinski definition) is 0. The van der Waals surface area contributed by atoms with Crippen LogP contribution in [-0.4, -0.2) is 4.40 Å². The van der Waals surface area contributed by atoms with Crippen molar-refractivity contribution in [3.05, 3.63) is 127 Å². The summed E-state index contributed by atoms with van der Waals surface area (Å²) in [5.41, 5.74) is 8.89. The SMILES string of the molecule is c1ccc(-c2ccccc2-c2ccc3c(c2)c2c4ccccc4cc4c5ccccc5n3c42)cc1. The summed E-state index contributed by atoms with van der Waals surface area (Å²) in [5, 5.41) is 7.92. The molecule has 162 valence electrons. The fourth-order valence-electron chi connectivity index (χ4n) is 6.02. The maximum absolute atomic E-state index is 2.47. The number of aromatic nitrogens is 1. The summed E-state index contributed by atoms with van der Waals surface area (Å²) >= 11 is 0. The van der Waals surface area contributed by atoms with Gasteiger partial charge in [0.05, 0.1) is 16.6 Å². The lowest BCUT2D eigenvalue weighted by atomic mass is 9.93. The maximum Gasteiger partial charge on any atom is 0.0626 e. The van der Waals surface area contributed by atoms with Gasteiger partial charge >= 0.3 is 0 Å². The summed E-state index contributed by atoms with van der Waals surface area (Å²) in [4.78, 5) is 0. The van der Waals surface area contributed by atoms with E-state index in [1.807, 2.05) is 0 Å². The van der Waals surface area contributed by atoms with Crippen LogP contribution < -0.4 is 0 Å². The topological polar surface area (TPSA) is 4.41 Å². The van der Waals surface area contributed by atoms with Crippen molar-refractivity contribution in [3.8, 4) is 22.3 Å². The van der Waals surface area contributed by atoms with E-state index in [2.05, 4.69) is 132 Å². The lowest BCUT2D eigenvalue weighted by Crippen LogP contribution is -1.86. The Kier molecular flexibility index (Phi) is 3.72. The molecule has 0 atom stereocenters. The quantitative estimate of drug-likeness (QED) is 0.251. The van der Waals surface area contributed by atoms with Gasteiger partial charge in [-0.2, -0.15) is 0 Å². The van der Waals surface area contributed by atoms with Gasteiger partial charge in [0.25, 0.3) is 0 Å². The highest BCUT2D eigenvalue weighted by molar-refractivity contribution is 6.31. The van der Waals surface area contributed by atoms with E-state index in [1.165, 1.54) is 71.1 Å². The first-order valence-electron chi connectivity index (χ1n) is 12.1. The fraction of sp³-hybridized carbons (Fsp3) is 0. The predicted octanol–water partition coefficient (Wildman–Crippen LogP) is 9.32. The molecular weight excluding hydrogens is 422 g/mol. The first-order chi connectivity index (χ1) is 17.4. The Labute approximate surface area is 202 Å². The van der Waals surface area contributed by atoms with Gasteiger partial charge in [0.1, 0.15) is 0 Å². The van der Waals surface area contributed by atoms with Gasteiger partial charge in [-0.15, -0.1) is 0 Å². The largest absolute Gasteiger partial charge is 0.308 e. The molecule has 2 aromatic heterocycles. The third-order valence-electron chi connectivity index (χ3n) is 7.51. The van der Waals surface area contributed by atoms with Crippen LogP contribution in [0.4, 0.5) is 0 Å². The third-order valence-corrected chi connectivity index (χ3v) is 7.51. The Hall–Kier alpha value is -4.62. The minimum absolute atomic E-state index is 1.24. The maximum atomic E-state index is 2.47. The van der Waals surface area contributed by atoms with Crippen molar-refractivity contribution in [2.45, 2.75) is 0 Å². The van der Waals surface area contributed by atoms with E-state index in [4.69, 9.17) is 0 Å². The van der Waals surface area contributed by atoms with E-state index >= 15 is 0 Å². The van der Waals surface area contributed by atoms with Crippen LogP contribution in [0.15, 0.2) is 127 Å². The molecule has 0 saturated carbocycles. The van der Waals surface area contributed by atoms with Crippen LogP contribution in [0.5, 0.6) is 0 Å². The molecule has 0 aliphatic heterocycles. The average Bonchev–Trinajstić information content (AvgIpc) is 3.44. The van der Waals surface area contributed by atoms with Crippen LogP contribution in [0, 0.1) is 0 Å². The normalized spacial score (nSPS) is 12.0. The summed E-state index contributed by atoms with van der Waals surface area (Å²) in [5.74, 6) is 0. The van der Waals surface area contributed by atoms with Crippen LogP contribution in [-0.2, 0) is 0 Å². The second-order valence-corrected chi connectivity index (χ2v) is 9.36. The molecule has 2 heterocycles. The minimum Gasteiger partial charge on any atom is -0.308 e. The number of nitrogens with zero attached hydrogens (tertiary/aromatic N) is 1. The van der Waals surface area contributed by atoms with Crippen LogP contribution >= 0.6 is 0 Å². The molecule has 0 spiro atoms. The first-order valence-corrected chi connectivity index (χ1v) is 12.1. The molecule has 0 radical (unpaired) electrons. The molecule has 35 heavy (non-hydrogen) atoms. The van der Waals surface area contributed by atoms with Gasteiger partial charge in [0.15, 0.2) is 0 Å². The van der Waals surface area contributed by atoms with Gasteiger partial charge in [0, 0.05) is 21.5 Å². The van der Waals surface area contributed by atoms with Crippen molar-refractivity contribution in [2.24, 2.45) is 0 Å². The van der Waals surface area contributed by atoms with Gasteiger partial charge < -0.3 is 4.40 Å². The number of benzene rings is 6. The molecule has 0 aliphatic carbocycles. The zero-order chi connectivity index (χ0) is 22.9. The molecule has 0 unspecified atom stereocenters. The summed E-state index contributed by atoms with van der Waals surface area (Å²) in [7, 11) is 0. The van der Waals surface area contributed by atoms with Gasteiger partial charge in [-0.25, -0.2) is 0 Å². The fourth-order valence-corrected chi connectivity index (χ4v) is 6.02. The Morgan fingerprint density at radius 2 is 1.06 bits per heavy atom. The molecule has 0 bridgehead atoms. The van der Waals surface area contributed by atoms with Crippen molar-refractivity contribution < 1.29 is 0 Å². The van der Waals surface area contributed by atoms with Crippen LogP contribution in [0.1, 0.15) is 0 Å². The predicted molar refractivity (Wildman–Crippen MR) is 149 cm³/mol. The van der Waals surface area contributed by atoms with Crippen molar-refractivity contribution in [2.75, 3.05) is 0 Å². The zero-order valence-electron chi connectivity index (χ0n) is 19.1. The van der Waals surface area contributed by atoms with E-state index in [0.29, 0.717) is 0 Å². The van der Waals surface area contributed by atoms with Gasteiger partial charge in [-0.05, 0) is 57.3 Å². The third kappa shape index (κ3) is 2.53. The Morgan fingerprint density at radius 1 is 0.400 bits per heavy atom. The van der Waals surface area contributed by atoms with Crippen molar-refractivity contribution in [3.63, 3.8) is 0 Å². The number of hydrogen-bond acceptors (Lipinski definition) is 0. The van der Waals surface area contributed by atoms with Crippen LogP contribution in [0.3, 0.4) is 0 Å². The van der Waals surface area contributed by atoms with Gasteiger partial charge in [-0.3, -0.25) is 0 Å². The van der Waals surface area contributed by atoms with E-state index < -0.39 is 0 Å². The zero-order valence-corrected chi connectivity index (χ0v) is 19.1. The number of para-hydroxylation sites is 1. The smallest absolute Gasteiger partial charge is 0.0626 e. The molecule has 0 amide bonds. The molecule has 6 aromatic carbocycles. The lowest BCUT2D eigenvalue weighted by molar-refractivity contribution is 1.37. The summed E-state index contributed by atoms with van der Waals surface area (Å²) in [6, 6.07) is 46.4. The molecule has 1 heteroatoms. The molecule has 1 nitrogen and oxygen atoms in total.